The van der Waals surface area contributed by atoms with E-state index in [4.69, 9.17) is 10.8 Å². The fraction of sp³-hybridized carbons (Fsp3) is 0.462. The molecule has 1 rings (SSSR count). The van der Waals surface area contributed by atoms with E-state index >= 15 is 0 Å². The van der Waals surface area contributed by atoms with E-state index in [1.165, 1.54) is 0 Å². The van der Waals surface area contributed by atoms with Crippen LogP contribution in [0.2, 0.25) is 0 Å². The fourth-order valence-corrected chi connectivity index (χ4v) is 2.72. The van der Waals surface area contributed by atoms with Gasteiger partial charge in [-0.05, 0) is 42.7 Å². The number of hydrogen-bond acceptors (Lipinski definition) is 3. The van der Waals surface area contributed by atoms with E-state index in [1.807, 2.05) is 13.0 Å². The van der Waals surface area contributed by atoms with E-state index in [9.17, 15) is 4.79 Å². The van der Waals surface area contributed by atoms with Gasteiger partial charge in [-0.1, -0.05) is 13.8 Å². The summed E-state index contributed by atoms with van der Waals surface area (Å²) in [6, 6.07) is 3.61. The first-order valence-corrected chi connectivity index (χ1v) is 6.66. The summed E-state index contributed by atoms with van der Waals surface area (Å²) in [7, 11) is 0. The summed E-state index contributed by atoms with van der Waals surface area (Å²) in [6.07, 6.45) is 1.12. The highest BCUT2D eigenvalue weighted by atomic mass is 32.2. The molecular formula is C13H19NO2S. The summed E-state index contributed by atoms with van der Waals surface area (Å²) in [5.41, 5.74) is 7.14. The number of benzene rings is 1. The molecule has 0 saturated carbocycles. The van der Waals surface area contributed by atoms with Gasteiger partial charge in [0, 0.05) is 10.6 Å². The lowest BCUT2D eigenvalue weighted by atomic mass is 10.1. The monoisotopic (exact) mass is 253 g/mol. The van der Waals surface area contributed by atoms with Gasteiger partial charge < -0.3 is 10.8 Å². The Morgan fingerprint density at radius 2 is 2.12 bits per heavy atom. The molecule has 0 heterocycles. The highest BCUT2D eigenvalue weighted by Crippen LogP contribution is 2.27. The first-order chi connectivity index (χ1) is 7.91. The molecule has 1 aromatic carbocycles. The Kier molecular flexibility index (Phi) is 4.87. The van der Waals surface area contributed by atoms with Gasteiger partial charge in [-0.3, -0.25) is 0 Å². The molecule has 0 amide bonds. The van der Waals surface area contributed by atoms with Gasteiger partial charge in [0.1, 0.15) is 0 Å². The molecule has 94 valence electrons. The Balaban J connectivity index is 2.84. The molecule has 3 N–H and O–H groups in total. The first-order valence-electron chi connectivity index (χ1n) is 5.68. The molecule has 0 aliphatic rings. The minimum atomic E-state index is -0.961. The Morgan fingerprint density at radius 3 is 2.65 bits per heavy atom. The van der Waals surface area contributed by atoms with E-state index < -0.39 is 5.97 Å². The van der Waals surface area contributed by atoms with Crippen molar-refractivity contribution < 1.29 is 9.90 Å². The third kappa shape index (κ3) is 3.97. The summed E-state index contributed by atoms with van der Waals surface area (Å²) in [4.78, 5) is 12.0. The zero-order chi connectivity index (χ0) is 13.0. The maximum Gasteiger partial charge on any atom is 0.337 e. The zero-order valence-electron chi connectivity index (χ0n) is 10.5. The molecule has 1 aromatic rings. The average Bonchev–Trinajstić information content (AvgIpc) is 2.22. The highest BCUT2D eigenvalue weighted by Gasteiger charge is 2.11. The van der Waals surface area contributed by atoms with E-state index in [2.05, 4.69) is 13.8 Å². The summed E-state index contributed by atoms with van der Waals surface area (Å²) in [6.45, 7) is 6.20. The lowest BCUT2D eigenvalue weighted by molar-refractivity contribution is 0.0697. The molecule has 3 nitrogen and oxygen atoms in total. The van der Waals surface area contributed by atoms with Crippen molar-refractivity contribution in [2.45, 2.75) is 32.1 Å². The number of carboxylic acids is 1. The van der Waals surface area contributed by atoms with E-state index in [-0.39, 0.29) is 5.56 Å². The van der Waals surface area contributed by atoms with Crippen LogP contribution >= 0.6 is 11.8 Å². The molecule has 0 bridgehead atoms. The molecule has 0 fully saturated rings. The van der Waals surface area contributed by atoms with Gasteiger partial charge >= 0.3 is 5.97 Å². The van der Waals surface area contributed by atoms with Crippen molar-refractivity contribution in [1.82, 2.24) is 0 Å². The third-order valence-corrected chi connectivity index (χ3v) is 3.56. The van der Waals surface area contributed by atoms with E-state index in [1.54, 1.807) is 17.8 Å². The number of carboxylic acid groups (broad SMARTS) is 1. The Hall–Kier alpha value is -1.16. The minimum absolute atomic E-state index is 0.206. The highest BCUT2D eigenvalue weighted by molar-refractivity contribution is 7.99. The second-order valence-corrected chi connectivity index (χ2v) is 5.71. The summed E-state index contributed by atoms with van der Waals surface area (Å²) >= 11 is 1.68. The number of aromatic carboxylic acids is 1. The number of carbonyl (C=O) groups is 1. The second-order valence-electron chi connectivity index (χ2n) is 4.54. The average molecular weight is 253 g/mol. The smallest absolute Gasteiger partial charge is 0.337 e. The zero-order valence-corrected chi connectivity index (χ0v) is 11.3. The Bertz CT molecular complexity index is 416. The van der Waals surface area contributed by atoms with Crippen LogP contribution in [-0.2, 0) is 0 Å². The number of rotatable bonds is 5. The van der Waals surface area contributed by atoms with Crippen LogP contribution in [0.15, 0.2) is 17.0 Å². The largest absolute Gasteiger partial charge is 0.478 e. The molecule has 4 heteroatoms. The number of nitrogen functional groups attached to an aromatic ring is 1. The van der Waals surface area contributed by atoms with Crippen LogP contribution < -0.4 is 5.73 Å². The number of anilines is 1. The predicted octanol–water partition coefficient (Wildman–Crippen LogP) is 3.41. The second kappa shape index (κ2) is 5.96. The maximum absolute atomic E-state index is 11.0. The molecular weight excluding hydrogens is 234 g/mol. The maximum atomic E-state index is 11.0. The SMILES string of the molecule is Cc1cc(SCCC(C)C)cc(C(=O)O)c1N. The lowest BCUT2D eigenvalue weighted by Crippen LogP contribution is -2.04. The van der Waals surface area contributed by atoms with E-state index in [0.717, 1.165) is 22.6 Å². The summed E-state index contributed by atoms with van der Waals surface area (Å²) < 4.78 is 0. The standard InChI is InChI=1S/C13H19NO2S/c1-8(2)4-5-17-10-6-9(3)12(14)11(7-10)13(15)16/h6-8H,4-5,14H2,1-3H3,(H,15,16). The molecule has 0 aliphatic carbocycles. The Morgan fingerprint density at radius 1 is 1.47 bits per heavy atom. The number of hydrogen-bond donors (Lipinski definition) is 2. The molecule has 0 saturated heterocycles. The van der Waals surface area contributed by atoms with Crippen molar-refractivity contribution >= 4 is 23.4 Å². The van der Waals surface area contributed by atoms with E-state index in [0.29, 0.717) is 11.6 Å². The van der Waals surface area contributed by atoms with Crippen LogP contribution in [0.4, 0.5) is 5.69 Å². The van der Waals surface area contributed by atoms with Crippen LogP contribution in [0, 0.1) is 12.8 Å². The number of aryl methyl sites for hydroxylation is 1. The molecule has 0 atom stereocenters. The predicted molar refractivity (Wildman–Crippen MR) is 72.7 cm³/mol. The molecule has 0 aromatic heterocycles. The van der Waals surface area contributed by atoms with Crippen LogP contribution in [0.1, 0.15) is 36.2 Å². The van der Waals surface area contributed by atoms with Crippen LogP contribution in [0.25, 0.3) is 0 Å². The van der Waals surface area contributed by atoms with Gasteiger partial charge in [0.2, 0.25) is 0 Å². The van der Waals surface area contributed by atoms with Crippen molar-refractivity contribution in [3.05, 3.63) is 23.3 Å². The van der Waals surface area contributed by atoms with Gasteiger partial charge in [0.25, 0.3) is 0 Å². The van der Waals surface area contributed by atoms with Crippen molar-refractivity contribution in [2.24, 2.45) is 5.92 Å². The molecule has 0 unspecified atom stereocenters. The molecule has 0 spiro atoms. The molecule has 17 heavy (non-hydrogen) atoms. The van der Waals surface area contributed by atoms with Crippen LogP contribution in [-0.4, -0.2) is 16.8 Å². The minimum Gasteiger partial charge on any atom is -0.478 e. The molecule has 0 radical (unpaired) electrons. The lowest BCUT2D eigenvalue weighted by Gasteiger charge is -2.09. The van der Waals surface area contributed by atoms with Crippen molar-refractivity contribution in [3.63, 3.8) is 0 Å². The van der Waals surface area contributed by atoms with Gasteiger partial charge in [0.15, 0.2) is 0 Å². The molecule has 0 aliphatic heterocycles. The van der Waals surface area contributed by atoms with Crippen molar-refractivity contribution in [2.75, 3.05) is 11.5 Å². The number of thioether (sulfide) groups is 1. The summed E-state index contributed by atoms with van der Waals surface area (Å²) in [5, 5.41) is 9.04. The van der Waals surface area contributed by atoms with Gasteiger partial charge in [-0.2, -0.15) is 0 Å². The van der Waals surface area contributed by atoms with Crippen molar-refractivity contribution in [3.8, 4) is 0 Å². The van der Waals surface area contributed by atoms with Gasteiger partial charge in [0.05, 0.1) is 5.56 Å². The normalized spacial score (nSPS) is 10.8. The van der Waals surface area contributed by atoms with Gasteiger partial charge in [-0.15, -0.1) is 11.8 Å². The topological polar surface area (TPSA) is 63.3 Å². The quantitative estimate of drug-likeness (QED) is 0.623. The third-order valence-electron chi connectivity index (χ3n) is 2.55. The Labute approximate surface area is 106 Å². The van der Waals surface area contributed by atoms with Gasteiger partial charge in [-0.25, -0.2) is 4.79 Å². The van der Waals surface area contributed by atoms with Crippen LogP contribution in [0.5, 0.6) is 0 Å². The number of nitrogens with two attached hydrogens (primary N) is 1. The van der Waals surface area contributed by atoms with Crippen LogP contribution in [0.3, 0.4) is 0 Å². The fourth-order valence-electron chi connectivity index (χ4n) is 1.44. The summed E-state index contributed by atoms with van der Waals surface area (Å²) in [5.74, 6) is 0.702. The first kappa shape index (κ1) is 13.9. The van der Waals surface area contributed by atoms with Crippen molar-refractivity contribution in [1.29, 1.82) is 0 Å².